The summed E-state index contributed by atoms with van der Waals surface area (Å²) in [6.45, 7) is -0.575. The molecule has 0 spiro atoms. The van der Waals surface area contributed by atoms with Gasteiger partial charge in [-0.1, -0.05) is 35.3 Å². The second-order valence-corrected chi connectivity index (χ2v) is 5.69. The monoisotopic (exact) mass is 377 g/mol. The quantitative estimate of drug-likeness (QED) is 0.809. The number of para-hydroxylation sites is 1. The molecule has 0 aromatic heterocycles. The van der Waals surface area contributed by atoms with Crippen molar-refractivity contribution in [3.05, 3.63) is 58.1 Å². The van der Waals surface area contributed by atoms with Gasteiger partial charge in [-0.05, 0) is 30.3 Å². The van der Waals surface area contributed by atoms with Crippen molar-refractivity contribution < 1.29 is 14.3 Å². The number of benzene rings is 2. The number of carbonyl (C=O) groups is 2. The minimum Gasteiger partial charge on any atom is -0.482 e. The molecule has 0 aliphatic rings. The number of amides is 2. The molecule has 0 unspecified atom stereocenters. The van der Waals surface area contributed by atoms with E-state index in [1.165, 1.54) is 6.07 Å². The Morgan fingerprint density at radius 1 is 1.12 bits per heavy atom. The highest BCUT2D eigenvalue weighted by atomic mass is 35.5. The van der Waals surface area contributed by atoms with Crippen LogP contribution in [-0.4, -0.2) is 25.0 Å². The summed E-state index contributed by atoms with van der Waals surface area (Å²) in [7, 11) is 0. The lowest BCUT2D eigenvalue weighted by molar-refractivity contribution is -0.125. The molecule has 0 aliphatic heterocycles. The SMILES string of the molecule is N#Cc1ccccc1OCC(=O)NCC(=O)Nc1cc(Cl)ccc1Cl. The number of rotatable bonds is 6. The molecular weight excluding hydrogens is 365 g/mol. The minimum absolute atomic E-state index is 0.259. The highest BCUT2D eigenvalue weighted by Gasteiger charge is 2.10. The number of nitriles is 1. The molecule has 2 N–H and O–H groups in total. The zero-order chi connectivity index (χ0) is 18.2. The van der Waals surface area contributed by atoms with E-state index in [1.54, 1.807) is 36.4 Å². The lowest BCUT2D eigenvalue weighted by Gasteiger charge is -2.10. The smallest absolute Gasteiger partial charge is 0.258 e. The maximum atomic E-state index is 11.8. The Kier molecular flexibility index (Phi) is 6.63. The molecule has 0 atom stereocenters. The molecule has 2 rings (SSSR count). The third-order valence-electron chi connectivity index (χ3n) is 3.01. The van der Waals surface area contributed by atoms with Crippen LogP contribution >= 0.6 is 23.2 Å². The molecule has 2 aromatic rings. The molecular formula is C17H13Cl2N3O3. The largest absolute Gasteiger partial charge is 0.482 e. The summed E-state index contributed by atoms with van der Waals surface area (Å²) in [5, 5.41) is 14.7. The van der Waals surface area contributed by atoms with Gasteiger partial charge in [0.05, 0.1) is 22.8 Å². The zero-order valence-corrected chi connectivity index (χ0v) is 14.4. The van der Waals surface area contributed by atoms with Gasteiger partial charge in [-0.25, -0.2) is 0 Å². The highest BCUT2D eigenvalue weighted by Crippen LogP contribution is 2.25. The number of nitrogens with one attached hydrogen (secondary N) is 2. The van der Waals surface area contributed by atoms with E-state index in [0.717, 1.165) is 0 Å². The van der Waals surface area contributed by atoms with Crippen LogP contribution in [-0.2, 0) is 9.59 Å². The molecule has 0 fully saturated rings. The average molecular weight is 378 g/mol. The van der Waals surface area contributed by atoms with E-state index in [1.807, 2.05) is 6.07 Å². The topological polar surface area (TPSA) is 91.2 Å². The van der Waals surface area contributed by atoms with Gasteiger partial charge in [-0.3, -0.25) is 9.59 Å². The predicted molar refractivity (Wildman–Crippen MR) is 94.8 cm³/mol. The number of ether oxygens (including phenoxy) is 1. The van der Waals surface area contributed by atoms with Crippen molar-refractivity contribution >= 4 is 40.7 Å². The molecule has 8 heteroatoms. The average Bonchev–Trinajstić information content (AvgIpc) is 2.61. The molecule has 0 bridgehead atoms. The number of halogens is 2. The lowest BCUT2D eigenvalue weighted by atomic mass is 10.2. The summed E-state index contributed by atoms with van der Waals surface area (Å²) in [5.41, 5.74) is 0.677. The predicted octanol–water partition coefficient (Wildman–Crippen LogP) is 3.00. The molecule has 6 nitrogen and oxygen atoms in total. The van der Waals surface area contributed by atoms with E-state index in [2.05, 4.69) is 10.6 Å². The fourth-order valence-electron chi connectivity index (χ4n) is 1.85. The van der Waals surface area contributed by atoms with Crippen LogP contribution < -0.4 is 15.4 Å². The van der Waals surface area contributed by atoms with Gasteiger partial charge in [-0.15, -0.1) is 0 Å². The zero-order valence-electron chi connectivity index (χ0n) is 12.9. The summed E-state index contributed by atoms with van der Waals surface area (Å²) < 4.78 is 5.27. The van der Waals surface area contributed by atoms with Crippen LogP contribution in [0.3, 0.4) is 0 Å². The fraction of sp³-hybridized carbons (Fsp3) is 0.118. The van der Waals surface area contributed by atoms with Gasteiger partial charge in [0.1, 0.15) is 11.8 Å². The van der Waals surface area contributed by atoms with Crippen LogP contribution in [0.25, 0.3) is 0 Å². The molecule has 128 valence electrons. The number of hydrogen-bond donors (Lipinski definition) is 2. The van der Waals surface area contributed by atoms with Gasteiger partial charge in [-0.2, -0.15) is 5.26 Å². The molecule has 0 aliphatic carbocycles. The molecule has 0 radical (unpaired) electrons. The summed E-state index contributed by atoms with van der Waals surface area (Å²) in [6.07, 6.45) is 0. The highest BCUT2D eigenvalue weighted by molar-refractivity contribution is 6.35. The van der Waals surface area contributed by atoms with Gasteiger partial charge in [0.15, 0.2) is 6.61 Å². The van der Waals surface area contributed by atoms with Crippen molar-refractivity contribution in [3.8, 4) is 11.8 Å². The minimum atomic E-state index is -0.500. The van der Waals surface area contributed by atoms with Crippen molar-refractivity contribution in [3.63, 3.8) is 0 Å². The van der Waals surface area contributed by atoms with E-state index in [-0.39, 0.29) is 13.2 Å². The van der Waals surface area contributed by atoms with Gasteiger partial charge in [0.2, 0.25) is 5.91 Å². The number of carbonyl (C=O) groups excluding carboxylic acids is 2. The van der Waals surface area contributed by atoms with Crippen LogP contribution in [0.1, 0.15) is 5.56 Å². The van der Waals surface area contributed by atoms with Gasteiger partial charge >= 0.3 is 0 Å². The van der Waals surface area contributed by atoms with Crippen LogP contribution in [0.2, 0.25) is 10.0 Å². The molecule has 0 saturated carbocycles. The third kappa shape index (κ3) is 5.68. The number of hydrogen-bond acceptors (Lipinski definition) is 4. The summed E-state index contributed by atoms with van der Waals surface area (Å²) in [4.78, 5) is 23.6. The van der Waals surface area contributed by atoms with Crippen LogP contribution in [0.5, 0.6) is 5.75 Å². The van der Waals surface area contributed by atoms with Gasteiger partial charge in [0.25, 0.3) is 5.91 Å². The van der Waals surface area contributed by atoms with Crippen molar-refractivity contribution in [1.29, 1.82) is 5.26 Å². The van der Waals surface area contributed by atoms with Crippen molar-refractivity contribution in [2.45, 2.75) is 0 Å². The normalized spacial score (nSPS) is 9.80. The van der Waals surface area contributed by atoms with Crippen molar-refractivity contribution in [1.82, 2.24) is 5.32 Å². The Balaban J connectivity index is 1.80. The van der Waals surface area contributed by atoms with Crippen LogP contribution in [0, 0.1) is 11.3 Å². The molecule has 2 aromatic carbocycles. The first-order valence-corrected chi connectivity index (χ1v) is 7.88. The molecule has 2 amide bonds. The first kappa shape index (κ1) is 18.6. The van der Waals surface area contributed by atoms with Crippen molar-refractivity contribution in [2.24, 2.45) is 0 Å². The van der Waals surface area contributed by atoms with Crippen molar-refractivity contribution in [2.75, 3.05) is 18.5 Å². The Bertz CT molecular complexity index is 834. The molecule has 0 heterocycles. The van der Waals surface area contributed by atoms with E-state index >= 15 is 0 Å². The van der Waals surface area contributed by atoms with E-state index < -0.39 is 11.8 Å². The standard InChI is InChI=1S/C17H13Cl2N3O3/c18-12-5-6-13(19)14(7-12)22-16(23)9-21-17(24)10-25-15-4-2-1-3-11(15)8-20/h1-7H,9-10H2,(H,21,24)(H,22,23). The van der Waals surface area contributed by atoms with Crippen LogP contribution in [0.15, 0.2) is 42.5 Å². The molecule has 25 heavy (non-hydrogen) atoms. The van der Waals surface area contributed by atoms with Crippen LogP contribution in [0.4, 0.5) is 5.69 Å². The number of nitrogens with zero attached hydrogens (tertiary/aromatic N) is 1. The first-order chi connectivity index (χ1) is 12.0. The Morgan fingerprint density at radius 3 is 2.64 bits per heavy atom. The summed E-state index contributed by atoms with van der Waals surface area (Å²) in [5.74, 6) is -0.662. The van der Waals surface area contributed by atoms with E-state index in [9.17, 15) is 9.59 Å². The first-order valence-electron chi connectivity index (χ1n) is 7.13. The van der Waals surface area contributed by atoms with E-state index in [0.29, 0.717) is 27.0 Å². The third-order valence-corrected chi connectivity index (χ3v) is 3.58. The van der Waals surface area contributed by atoms with Gasteiger partial charge < -0.3 is 15.4 Å². The summed E-state index contributed by atoms with van der Waals surface area (Å²) >= 11 is 11.8. The maximum absolute atomic E-state index is 11.8. The Labute approximate surface area is 154 Å². The second-order valence-electron chi connectivity index (χ2n) is 4.85. The maximum Gasteiger partial charge on any atom is 0.258 e. The Morgan fingerprint density at radius 2 is 1.88 bits per heavy atom. The Hall–Kier alpha value is -2.75. The van der Waals surface area contributed by atoms with Gasteiger partial charge in [0, 0.05) is 5.02 Å². The molecule has 0 saturated heterocycles. The second kappa shape index (κ2) is 8.92. The number of anilines is 1. The fourth-order valence-corrected chi connectivity index (χ4v) is 2.18. The van der Waals surface area contributed by atoms with E-state index in [4.69, 9.17) is 33.2 Å². The lowest BCUT2D eigenvalue weighted by Crippen LogP contribution is -2.35. The summed E-state index contributed by atoms with van der Waals surface area (Å²) in [6, 6.07) is 13.2.